The molecule has 1 N–H and O–H groups in total. The van der Waals surface area contributed by atoms with E-state index >= 15 is 0 Å². The molecular weight excluding hydrogens is 272 g/mol. The van der Waals surface area contributed by atoms with Gasteiger partial charge in [0.1, 0.15) is 5.75 Å². The van der Waals surface area contributed by atoms with Crippen molar-refractivity contribution in [2.24, 2.45) is 0 Å². The van der Waals surface area contributed by atoms with E-state index in [0.29, 0.717) is 6.04 Å². The van der Waals surface area contributed by atoms with Gasteiger partial charge in [0.2, 0.25) is 0 Å². The minimum atomic E-state index is 0.217. The number of methoxy groups -OCH3 is 1. The molecule has 1 aromatic rings. The van der Waals surface area contributed by atoms with Gasteiger partial charge in [0.25, 0.3) is 0 Å². The van der Waals surface area contributed by atoms with Crippen LogP contribution in [0.1, 0.15) is 59.1 Å². The molecule has 0 heterocycles. The van der Waals surface area contributed by atoms with Gasteiger partial charge in [-0.2, -0.15) is 0 Å². The minimum absolute atomic E-state index is 0.217. The standard InChI is InChI=1S/C19H34N2O/c1-7-21(15-11-10-14-20-19(3,4)5)16(2)17-12-8-9-13-18(17)22-6/h8-9,12-13,16,20H,7,10-11,14-15H2,1-6H3/t16-/m0/s1. The number of unbranched alkanes of at least 4 members (excludes halogenated alkanes) is 1. The molecule has 3 heteroatoms. The second kappa shape index (κ2) is 9.16. The fourth-order valence-electron chi connectivity index (χ4n) is 2.74. The first-order valence-corrected chi connectivity index (χ1v) is 8.51. The molecular formula is C19H34N2O. The largest absolute Gasteiger partial charge is 0.496 e. The summed E-state index contributed by atoms with van der Waals surface area (Å²) in [4.78, 5) is 2.52. The second-order valence-electron chi connectivity index (χ2n) is 6.93. The summed E-state index contributed by atoms with van der Waals surface area (Å²) in [5, 5.41) is 3.55. The number of nitrogens with one attached hydrogen (secondary N) is 1. The predicted molar refractivity (Wildman–Crippen MR) is 95.6 cm³/mol. The third-order valence-corrected chi connectivity index (χ3v) is 4.07. The molecule has 0 fully saturated rings. The number of ether oxygens (including phenoxy) is 1. The third-order valence-electron chi connectivity index (χ3n) is 4.07. The van der Waals surface area contributed by atoms with Gasteiger partial charge in [-0.25, -0.2) is 0 Å². The van der Waals surface area contributed by atoms with Gasteiger partial charge in [0.15, 0.2) is 0 Å². The van der Waals surface area contributed by atoms with Crippen molar-refractivity contribution in [2.45, 2.75) is 59.0 Å². The van der Waals surface area contributed by atoms with Gasteiger partial charge in [0.05, 0.1) is 7.11 Å². The Morgan fingerprint density at radius 1 is 1.18 bits per heavy atom. The number of hydrogen-bond acceptors (Lipinski definition) is 3. The number of benzene rings is 1. The van der Waals surface area contributed by atoms with Crippen molar-refractivity contribution in [1.82, 2.24) is 10.2 Å². The van der Waals surface area contributed by atoms with E-state index in [1.165, 1.54) is 18.4 Å². The average Bonchev–Trinajstić information content (AvgIpc) is 2.49. The Labute approximate surface area is 137 Å². The summed E-state index contributed by atoms with van der Waals surface area (Å²) in [7, 11) is 1.75. The number of hydrogen-bond donors (Lipinski definition) is 1. The van der Waals surface area contributed by atoms with Crippen molar-refractivity contribution in [1.29, 1.82) is 0 Å². The first-order valence-electron chi connectivity index (χ1n) is 8.51. The smallest absolute Gasteiger partial charge is 0.123 e. The van der Waals surface area contributed by atoms with Gasteiger partial charge in [0, 0.05) is 17.1 Å². The van der Waals surface area contributed by atoms with Crippen LogP contribution in [0.2, 0.25) is 0 Å². The first-order chi connectivity index (χ1) is 10.4. The summed E-state index contributed by atoms with van der Waals surface area (Å²) in [6.07, 6.45) is 2.43. The highest BCUT2D eigenvalue weighted by Gasteiger charge is 2.17. The van der Waals surface area contributed by atoms with Crippen LogP contribution >= 0.6 is 0 Å². The van der Waals surface area contributed by atoms with E-state index in [1.807, 2.05) is 12.1 Å². The minimum Gasteiger partial charge on any atom is -0.496 e. The lowest BCUT2D eigenvalue weighted by Gasteiger charge is -2.29. The molecule has 0 saturated carbocycles. The van der Waals surface area contributed by atoms with Crippen molar-refractivity contribution >= 4 is 0 Å². The molecule has 0 aromatic heterocycles. The molecule has 0 saturated heterocycles. The summed E-state index contributed by atoms with van der Waals surface area (Å²) in [6, 6.07) is 8.73. The molecule has 0 unspecified atom stereocenters. The summed E-state index contributed by atoms with van der Waals surface area (Å²) < 4.78 is 5.50. The van der Waals surface area contributed by atoms with Crippen molar-refractivity contribution in [3.05, 3.63) is 29.8 Å². The zero-order valence-corrected chi connectivity index (χ0v) is 15.3. The van der Waals surface area contributed by atoms with Crippen LogP contribution in [0, 0.1) is 0 Å². The van der Waals surface area contributed by atoms with Crippen molar-refractivity contribution in [2.75, 3.05) is 26.7 Å². The molecule has 0 radical (unpaired) electrons. The Hall–Kier alpha value is -1.06. The predicted octanol–water partition coefficient (Wildman–Crippen LogP) is 4.25. The Balaban J connectivity index is 2.49. The fraction of sp³-hybridized carbons (Fsp3) is 0.684. The van der Waals surface area contributed by atoms with Crippen LogP contribution in [0.3, 0.4) is 0 Å². The lowest BCUT2D eigenvalue weighted by molar-refractivity contribution is 0.212. The van der Waals surface area contributed by atoms with Crippen LogP contribution in [-0.2, 0) is 0 Å². The van der Waals surface area contributed by atoms with Gasteiger partial charge >= 0.3 is 0 Å². The quantitative estimate of drug-likeness (QED) is 0.690. The molecule has 1 atom stereocenters. The lowest BCUT2D eigenvalue weighted by atomic mass is 10.0. The summed E-state index contributed by atoms with van der Waals surface area (Å²) in [6.45, 7) is 14.4. The molecule has 0 bridgehead atoms. The van der Waals surface area contributed by atoms with Crippen LogP contribution < -0.4 is 10.1 Å². The Bertz CT molecular complexity index is 426. The van der Waals surface area contributed by atoms with Crippen LogP contribution in [0.15, 0.2) is 24.3 Å². The van der Waals surface area contributed by atoms with Crippen molar-refractivity contribution < 1.29 is 4.74 Å². The van der Waals surface area contributed by atoms with Crippen LogP contribution in [0.5, 0.6) is 5.75 Å². The fourth-order valence-corrected chi connectivity index (χ4v) is 2.74. The summed E-state index contributed by atoms with van der Waals surface area (Å²) >= 11 is 0. The molecule has 0 aliphatic rings. The molecule has 0 aliphatic carbocycles. The molecule has 22 heavy (non-hydrogen) atoms. The number of rotatable bonds is 9. The molecule has 1 rings (SSSR count). The van der Waals surface area contributed by atoms with E-state index in [4.69, 9.17) is 4.74 Å². The number of nitrogens with zero attached hydrogens (tertiary/aromatic N) is 1. The molecule has 3 nitrogen and oxygen atoms in total. The molecule has 1 aromatic carbocycles. The van der Waals surface area contributed by atoms with Gasteiger partial charge in [-0.3, -0.25) is 4.90 Å². The zero-order valence-electron chi connectivity index (χ0n) is 15.3. The van der Waals surface area contributed by atoms with Gasteiger partial charge in [-0.05, 0) is 66.2 Å². The van der Waals surface area contributed by atoms with Crippen molar-refractivity contribution in [3.63, 3.8) is 0 Å². The highest BCUT2D eigenvalue weighted by atomic mass is 16.5. The van der Waals surface area contributed by atoms with E-state index in [0.717, 1.165) is 25.4 Å². The maximum atomic E-state index is 5.50. The van der Waals surface area contributed by atoms with Gasteiger partial charge in [-0.1, -0.05) is 25.1 Å². The maximum absolute atomic E-state index is 5.50. The highest BCUT2D eigenvalue weighted by Crippen LogP contribution is 2.28. The average molecular weight is 306 g/mol. The van der Waals surface area contributed by atoms with Crippen LogP contribution in [0.25, 0.3) is 0 Å². The summed E-state index contributed by atoms with van der Waals surface area (Å²) in [5.41, 5.74) is 1.49. The SMILES string of the molecule is CCN(CCCCNC(C)(C)C)[C@@H](C)c1ccccc1OC. The Kier molecular flexibility index (Phi) is 7.91. The molecule has 126 valence electrons. The third kappa shape index (κ3) is 6.37. The summed E-state index contributed by atoms with van der Waals surface area (Å²) in [5.74, 6) is 0.989. The van der Waals surface area contributed by atoms with E-state index < -0.39 is 0 Å². The number of para-hydroxylation sites is 1. The molecule has 0 aliphatic heterocycles. The molecule has 0 amide bonds. The lowest BCUT2D eigenvalue weighted by Crippen LogP contribution is -2.36. The van der Waals surface area contributed by atoms with E-state index in [2.05, 4.69) is 57.0 Å². The van der Waals surface area contributed by atoms with Crippen LogP contribution in [-0.4, -0.2) is 37.2 Å². The van der Waals surface area contributed by atoms with Gasteiger partial charge < -0.3 is 10.1 Å². The Morgan fingerprint density at radius 2 is 1.86 bits per heavy atom. The highest BCUT2D eigenvalue weighted by molar-refractivity contribution is 5.35. The Morgan fingerprint density at radius 3 is 2.45 bits per heavy atom. The molecule has 0 spiro atoms. The second-order valence-corrected chi connectivity index (χ2v) is 6.93. The topological polar surface area (TPSA) is 24.5 Å². The van der Waals surface area contributed by atoms with E-state index in [-0.39, 0.29) is 5.54 Å². The van der Waals surface area contributed by atoms with E-state index in [9.17, 15) is 0 Å². The zero-order chi connectivity index (χ0) is 16.6. The van der Waals surface area contributed by atoms with E-state index in [1.54, 1.807) is 7.11 Å². The normalized spacial score (nSPS) is 13.4. The van der Waals surface area contributed by atoms with Crippen LogP contribution in [0.4, 0.5) is 0 Å². The van der Waals surface area contributed by atoms with Crippen molar-refractivity contribution in [3.8, 4) is 5.75 Å². The maximum Gasteiger partial charge on any atom is 0.123 e. The van der Waals surface area contributed by atoms with Gasteiger partial charge in [-0.15, -0.1) is 0 Å². The first kappa shape index (κ1) is 19.0. The monoisotopic (exact) mass is 306 g/mol.